The number of nitrogens with zero attached hydrogens (tertiary/aromatic N) is 1. The number of phenols is 1. The third kappa shape index (κ3) is 3.26. The van der Waals surface area contributed by atoms with E-state index in [0.717, 1.165) is 25.1 Å². The molecular weight excluding hydrogens is 240 g/mol. The number of hydrogen-bond acceptors (Lipinski definition) is 3. The van der Waals surface area contributed by atoms with Gasteiger partial charge in [0.05, 0.1) is 0 Å². The highest BCUT2D eigenvalue weighted by Crippen LogP contribution is 2.19. The van der Waals surface area contributed by atoms with Crippen molar-refractivity contribution in [1.29, 1.82) is 0 Å². The fraction of sp³-hybridized carbons (Fsp3) is 0.533. The summed E-state index contributed by atoms with van der Waals surface area (Å²) in [5.74, 6) is 0.174. The van der Waals surface area contributed by atoms with Crippen molar-refractivity contribution < 1.29 is 9.90 Å². The minimum atomic E-state index is -0.00787. The molecular formula is C15H22N2O2. The molecule has 1 aromatic carbocycles. The van der Waals surface area contributed by atoms with E-state index in [1.807, 2.05) is 18.7 Å². The molecule has 1 atom stereocenters. The molecule has 1 unspecified atom stereocenters. The third-order valence-corrected chi connectivity index (χ3v) is 3.73. The molecule has 2 rings (SSSR count). The van der Waals surface area contributed by atoms with Crippen LogP contribution in [0.15, 0.2) is 18.2 Å². The number of aromatic hydroxyl groups is 1. The smallest absolute Gasteiger partial charge is 0.254 e. The first kappa shape index (κ1) is 13.9. The maximum Gasteiger partial charge on any atom is 0.254 e. The molecule has 0 aliphatic carbocycles. The van der Waals surface area contributed by atoms with Crippen LogP contribution in [0, 0.1) is 6.92 Å². The largest absolute Gasteiger partial charge is 0.508 e. The summed E-state index contributed by atoms with van der Waals surface area (Å²) in [6.07, 6.45) is 2.31. The Balaban J connectivity index is 2.08. The van der Waals surface area contributed by atoms with Gasteiger partial charge in [0.2, 0.25) is 0 Å². The van der Waals surface area contributed by atoms with E-state index in [0.29, 0.717) is 18.2 Å². The Bertz CT molecular complexity index is 453. The monoisotopic (exact) mass is 262 g/mol. The van der Waals surface area contributed by atoms with Crippen molar-refractivity contribution in [3.8, 4) is 5.75 Å². The second kappa shape index (κ2) is 6.06. The van der Waals surface area contributed by atoms with Crippen molar-refractivity contribution in [3.63, 3.8) is 0 Å². The number of carbonyl (C=O) groups is 1. The van der Waals surface area contributed by atoms with Gasteiger partial charge in [-0.3, -0.25) is 4.79 Å². The van der Waals surface area contributed by atoms with Crippen molar-refractivity contribution in [2.24, 2.45) is 0 Å². The van der Waals surface area contributed by atoms with Crippen LogP contribution in [0.25, 0.3) is 0 Å². The van der Waals surface area contributed by atoms with Gasteiger partial charge in [-0.25, -0.2) is 0 Å². The molecule has 0 aromatic heterocycles. The van der Waals surface area contributed by atoms with Gasteiger partial charge in [0.1, 0.15) is 5.75 Å². The number of carbonyl (C=O) groups excluding carboxylic acids is 1. The number of benzene rings is 1. The van der Waals surface area contributed by atoms with E-state index in [-0.39, 0.29) is 11.7 Å². The first-order chi connectivity index (χ1) is 9.11. The number of phenolic OH excluding ortho intramolecular Hbond substituents is 1. The summed E-state index contributed by atoms with van der Waals surface area (Å²) in [5.41, 5.74) is 1.35. The van der Waals surface area contributed by atoms with Crippen LogP contribution in [0.3, 0.4) is 0 Å². The molecule has 104 valence electrons. The lowest BCUT2D eigenvalue weighted by Crippen LogP contribution is -2.41. The standard InChI is InChI=1S/C15H22N2O2/c1-3-17(10-13-5-4-8-16-13)15(19)12-7-6-11(2)14(18)9-12/h6-7,9,13,16,18H,3-5,8,10H2,1-2H3. The van der Waals surface area contributed by atoms with Crippen LogP contribution in [-0.2, 0) is 0 Å². The van der Waals surface area contributed by atoms with Gasteiger partial charge in [-0.2, -0.15) is 0 Å². The molecule has 0 bridgehead atoms. The quantitative estimate of drug-likeness (QED) is 0.871. The molecule has 0 radical (unpaired) electrons. The highest BCUT2D eigenvalue weighted by atomic mass is 16.3. The molecule has 1 aliphatic rings. The average molecular weight is 262 g/mol. The second-order valence-electron chi connectivity index (χ2n) is 5.14. The van der Waals surface area contributed by atoms with Crippen molar-refractivity contribution in [2.45, 2.75) is 32.7 Å². The third-order valence-electron chi connectivity index (χ3n) is 3.73. The number of aryl methyl sites for hydroxylation is 1. The SMILES string of the molecule is CCN(CC1CCCN1)C(=O)c1ccc(C)c(O)c1. The number of likely N-dealkylation sites (N-methyl/N-ethyl adjacent to an activating group) is 1. The van der Waals surface area contributed by atoms with E-state index in [1.165, 1.54) is 6.42 Å². The molecule has 4 nitrogen and oxygen atoms in total. The number of nitrogens with one attached hydrogen (secondary N) is 1. The van der Waals surface area contributed by atoms with E-state index >= 15 is 0 Å². The van der Waals surface area contributed by atoms with Crippen LogP contribution in [0.5, 0.6) is 5.75 Å². The van der Waals surface area contributed by atoms with Gasteiger partial charge in [0, 0.05) is 24.7 Å². The second-order valence-corrected chi connectivity index (χ2v) is 5.14. The molecule has 2 N–H and O–H groups in total. The van der Waals surface area contributed by atoms with Crippen LogP contribution in [0.4, 0.5) is 0 Å². The molecule has 1 heterocycles. The van der Waals surface area contributed by atoms with Crippen LogP contribution < -0.4 is 5.32 Å². The van der Waals surface area contributed by atoms with Crippen LogP contribution in [-0.4, -0.2) is 41.6 Å². The Morgan fingerprint density at radius 3 is 2.89 bits per heavy atom. The van der Waals surface area contributed by atoms with Crippen molar-refractivity contribution >= 4 is 5.91 Å². The number of rotatable bonds is 4. The van der Waals surface area contributed by atoms with Gasteiger partial charge in [0.25, 0.3) is 5.91 Å². The fourth-order valence-electron chi connectivity index (χ4n) is 2.46. The minimum absolute atomic E-state index is 0.00787. The topological polar surface area (TPSA) is 52.6 Å². The zero-order valence-electron chi connectivity index (χ0n) is 11.6. The first-order valence-corrected chi connectivity index (χ1v) is 6.94. The van der Waals surface area contributed by atoms with E-state index < -0.39 is 0 Å². The molecule has 1 amide bonds. The summed E-state index contributed by atoms with van der Waals surface area (Å²) in [4.78, 5) is 14.3. The maximum atomic E-state index is 12.4. The molecule has 0 spiro atoms. The number of amides is 1. The van der Waals surface area contributed by atoms with E-state index in [9.17, 15) is 9.90 Å². The van der Waals surface area contributed by atoms with E-state index in [4.69, 9.17) is 0 Å². The predicted molar refractivity (Wildman–Crippen MR) is 75.4 cm³/mol. The summed E-state index contributed by atoms with van der Waals surface area (Å²) >= 11 is 0. The Kier molecular flexibility index (Phi) is 4.43. The normalized spacial score (nSPS) is 18.5. The lowest BCUT2D eigenvalue weighted by Gasteiger charge is -2.24. The lowest BCUT2D eigenvalue weighted by molar-refractivity contribution is 0.0751. The molecule has 1 aliphatic heterocycles. The Hall–Kier alpha value is -1.55. The summed E-state index contributed by atoms with van der Waals surface area (Å²) in [5, 5.41) is 13.1. The summed E-state index contributed by atoms with van der Waals surface area (Å²) in [6, 6.07) is 5.53. The van der Waals surface area contributed by atoms with Crippen LogP contribution >= 0.6 is 0 Å². The molecule has 19 heavy (non-hydrogen) atoms. The van der Waals surface area contributed by atoms with Crippen LogP contribution in [0.2, 0.25) is 0 Å². The molecule has 1 fully saturated rings. The van der Waals surface area contributed by atoms with Gasteiger partial charge in [0.15, 0.2) is 0 Å². The number of hydrogen-bond donors (Lipinski definition) is 2. The zero-order chi connectivity index (χ0) is 13.8. The van der Waals surface area contributed by atoms with Gasteiger partial charge in [-0.1, -0.05) is 6.07 Å². The zero-order valence-corrected chi connectivity index (χ0v) is 11.6. The van der Waals surface area contributed by atoms with Crippen molar-refractivity contribution in [1.82, 2.24) is 10.2 Å². The van der Waals surface area contributed by atoms with E-state index in [1.54, 1.807) is 18.2 Å². The van der Waals surface area contributed by atoms with E-state index in [2.05, 4.69) is 5.32 Å². The summed E-state index contributed by atoms with van der Waals surface area (Å²) in [6.45, 7) is 6.28. The summed E-state index contributed by atoms with van der Waals surface area (Å²) in [7, 11) is 0. The van der Waals surface area contributed by atoms with Crippen molar-refractivity contribution in [3.05, 3.63) is 29.3 Å². The predicted octanol–water partition coefficient (Wildman–Crippen LogP) is 1.91. The lowest BCUT2D eigenvalue weighted by atomic mass is 10.1. The van der Waals surface area contributed by atoms with Gasteiger partial charge in [-0.15, -0.1) is 0 Å². The summed E-state index contributed by atoms with van der Waals surface area (Å²) < 4.78 is 0. The fourth-order valence-corrected chi connectivity index (χ4v) is 2.46. The Morgan fingerprint density at radius 2 is 2.32 bits per heavy atom. The Morgan fingerprint density at radius 1 is 1.53 bits per heavy atom. The minimum Gasteiger partial charge on any atom is -0.508 e. The molecule has 1 saturated heterocycles. The van der Waals surface area contributed by atoms with Crippen LogP contribution in [0.1, 0.15) is 35.7 Å². The maximum absolute atomic E-state index is 12.4. The van der Waals surface area contributed by atoms with Gasteiger partial charge >= 0.3 is 0 Å². The highest BCUT2D eigenvalue weighted by Gasteiger charge is 2.21. The highest BCUT2D eigenvalue weighted by molar-refractivity contribution is 5.94. The van der Waals surface area contributed by atoms with Gasteiger partial charge < -0.3 is 15.3 Å². The molecule has 0 saturated carbocycles. The van der Waals surface area contributed by atoms with Crippen molar-refractivity contribution in [2.75, 3.05) is 19.6 Å². The molecule has 4 heteroatoms. The average Bonchev–Trinajstić information content (AvgIpc) is 2.91. The first-order valence-electron chi connectivity index (χ1n) is 6.94. The molecule has 1 aromatic rings. The Labute approximate surface area is 114 Å². The van der Waals surface area contributed by atoms with Gasteiger partial charge in [-0.05, 0) is 50.9 Å².